The maximum atomic E-state index is 11.2. The molecule has 1 heterocycles. The molecule has 1 aliphatic heterocycles. The number of benzene rings is 2. The zero-order chi connectivity index (χ0) is 25.4. The molecule has 1 N–H and O–H groups in total. The van der Waals surface area contributed by atoms with E-state index >= 15 is 0 Å². The second kappa shape index (κ2) is 16.5. The lowest BCUT2D eigenvalue weighted by Crippen LogP contribution is -2.39. The third-order valence-corrected chi connectivity index (χ3v) is 6.30. The minimum atomic E-state index is -0.605. The molecule has 198 valence electrons. The highest BCUT2D eigenvalue weighted by atomic mass is 16.7. The Bertz CT molecular complexity index is 845. The van der Waals surface area contributed by atoms with Crippen molar-refractivity contribution in [3.05, 3.63) is 71.8 Å². The van der Waals surface area contributed by atoms with Gasteiger partial charge in [-0.05, 0) is 24.0 Å². The second-order valence-corrected chi connectivity index (χ2v) is 9.07. The van der Waals surface area contributed by atoms with Crippen LogP contribution in [0.3, 0.4) is 0 Å². The van der Waals surface area contributed by atoms with Gasteiger partial charge in [-0.15, -0.1) is 0 Å². The highest BCUT2D eigenvalue weighted by Crippen LogP contribution is 2.29. The number of aliphatic hydroxyl groups excluding tert-OH is 1. The Morgan fingerprint density at radius 2 is 1.33 bits per heavy atom. The molecular weight excluding hydrogens is 460 g/mol. The Balaban J connectivity index is 1.47. The van der Waals surface area contributed by atoms with Crippen molar-refractivity contribution < 1.29 is 33.6 Å². The van der Waals surface area contributed by atoms with E-state index in [2.05, 4.69) is 4.74 Å². The van der Waals surface area contributed by atoms with Gasteiger partial charge >= 0.3 is 5.97 Å². The fourth-order valence-electron chi connectivity index (χ4n) is 4.26. The van der Waals surface area contributed by atoms with Crippen molar-refractivity contribution in [3.8, 4) is 0 Å². The fraction of sp³-hybridized carbons (Fsp3) is 0.552. The molecule has 3 rings (SSSR count). The fourth-order valence-corrected chi connectivity index (χ4v) is 4.26. The molecule has 1 aliphatic rings. The summed E-state index contributed by atoms with van der Waals surface area (Å²) in [5, 5.41) is 9.97. The SMILES string of the molecule is COC(=O)CCCCCCCCO[C@H]1O[C@H](CO)[C@@H](OCc2ccccc2)[C@@H]1OCc1ccccc1. The molecule has 1 fully saturated rings. The monoisotopic (exact) mass is 500 g/mol. The van der Waals surface area contributed by atoms with Gasteiger partial charge in [-0.1, -0.05) is 86.3 Å². The number of aliphatic hydroxyl groups is 1. The molecule has 2 aromatic rings. The average Bonchev–Trinajstić information content (AvgIpc) is 3.26. The van der Waals surface area contributed by atoms with Crippen molar-refractivity contribution in [2.45, 2.75) is 82.8 Å². The summed E-state index contributed by atoms with van der Waals surface area (Å²) in [7, 11) is 1.42. The van der Waals surface area contributed by atoms with Crippen LogP contribution in [0.4, 0.5) is 0 Å². The number of carbonyl (C=O) groups excluding carboxylic acids is 1. The Morgan fingerprint density at radius 3 is 1.92 bits per heavy atom. The van der Waals surface area contributed by atoms with Crippen LogP contribution >= 0.6 is 0 Å². The average molecular weight is 501 g/mol. The summed E-state index contributed by atoms with van der Waals surface area (Å²) >= 11 is 0. The topological polar surface area (TPSA) is 83.5 Å². The lowest BCUT2D eigenvalue weighted by atomic mass is 10.1. The summed E-state index contributed by atoms with van der Waals surface area (Å²) in [5.41, 5.74) is 2.10. The van der Waals surface area contributed by atoms with Crippen LogP contribution in [0.2, 0.25) is 0 Å². The molecule has 0 saturated carbocycles. The van der Waals surface area contributed by atoms with Gasteiger partial charge in [-0.25, -0.2) is 0 Å². The molecule has 0 radical (unpaired) electrons. The van der Waals surface area contributed by atoms with Crippen LogP contribution in [-0.2, 0) is 41.7 Å². The van der Waals surface area contributed by atoms with Crippen LogP contribution in [0, 0.1) is 0 Å². The van der Waals surface area contributed by atoms with Gasteiger partial charge in [-0.3, -0.25) is 4.79 Å². The first-order chi connectivity index (χ1) is 17.7. The number of rotatable bonds is 17. The maximum absolute atomic E-state index is 11.2. The zero-order valence-corrected chi connectivity index (χ0v) is 21.3. The number of esters is 1. The molecule has 7 nitrogen and oxygen atoms in total. The summed E-state index contributed by atoms with van der Waals surface area (Å²) < 4.78 is 29.3. The minimum absolute atomic E-state index is 0.142. The highest BCUT2D eigenvalue weighted by Gasteiger charge is 2.46. The molecule has 7 heteroatoms. The lowest BCUT2D eigenvalue weighted by molar-refractivity contribution is -0.183. The largest absolute Gasteiger partial charge is 0.469 e. The van der Waals surface area contributed by atoms with Crippen molar-refractivity contribution in [2.75, 3.05) is 20.3 Å². The Hall–Kier alpha value is -2.29. The number of hydrogen-bond acceptors (Lipinski definition) is 7. The molecule has 1 saturated heterocycles. The summed E-state index contributed by atoms with van der Waals surface area (Å²) in [6.07, 6.45) is 4.47. The van der Waals surface area contributed by atoms with Crippen LogP contribution in [0.15, 0.2) is 60.7 Å². The quantitative estimate of drug-likeness (QED) is 0.247. The van der Waals surface area contributed by atoms with Gasteiger partial charge < -0.3 is 28.8 Å². The molecule has 0 aromatic heterocycles. The van der Waals surface area contributed by atoms with Crippen molar-refractivity contribution in [3.63, 3.8) is 0 Å². The molecule has 0 amide bonds. The van der Waals surface area contributed by atoms with Gasteiger partial charge in [0.25, 0.3) is 0 Å². The highest BCUT2D eigenvalue weighted by molar-refractivity contribution is 5.68. The van der Waals surface area contributed by atoms with Crippen molar-refractivity contribution >= 4 is 5.97 Å². The molecule has 0 bridgehead atoms. The van der Waals surface area contributed by atoms with E-state index in [0.29, 0.717) is 26.2 Å². The van der Waals surface area contributed by atoms with E-state index in [4.69, 9.17) is 18.9 Å². The number of unbranched alkanes of at least 4 members (excludes halogenated alkanes) is 5. The zero-order valence-electron chi connectivity index (χ0n) is 21.3. The molecule has 0 aliphatic carbocycles. The Kier molecular flexibility index (Phi) is 12.9. The van der Waals surface area contributed by atoms with E-state index < -0.39 is 24.6 Å². The standard InChI is InChI=1S/C29H40O7/c1-32-26(31)18-12-4-2-3-5-13-19-33-29-28(35-22-24-16-10-7-11-17-24)27(25(20-30)36-29)34-21-23-14-8-6-9-15-23/h6-11,14-17,25,27-30H,2-5,12-13,18-22H2,1H3/t25-,27-,28+,29+/m1/s1. The second-order valence-electron chi connectivity index (χ2n) is 9.07. The van der Waals surface area contributed by atoms with Crippen LogP contribution in [-0.4, -0.2) is 56.0 Å². The van der Waals surface area contributed by atoms with Crippen LogP contribution in [0.5, 0.6) is 0 Å². The van der Waals surface area contributed by atoms with Gasteiger partial charge in [0.05, 0.1) is 26.9 Å². The number of methoxy groups -OCH3 is 1. The first-order valence-corrected chi connectivity index (χ1v) is 13.0. The molecule has 4 atom stereocenters. The Labute approximate surface area is 214 Å². The van der Waals surface area contributed by atoms with Crippen LogP contribution < -0.4 is 0 Å². The number of hydrogen-bond donors (Lipinski definition) is 1. The van der Waals surface area contributed by atoms with Crippen molar-refractivity contribution in [1.82, 2.24) is 0 Å². The smallest absolute Gasteiger partial charge is 0.305 e. The predicted molar refractivity (Wildman–Crippen MR) is 136 cm³/mol. The summed E-state index contributed by atoms with van der Waals surface area (Å²) in [6.45, 7) is 1.18. The third kappa shape index (κ3) is 9.64. The first kappa shape index (κ1) is 28.3. The third-order valence-electron chi connectivity index (χ3n) is 6.30. The van der Waals surface area contributed by atoms with Crippen LogP contribution in [0.25, 0.3) is 0 Å². The Morgan fingerprint density at radius 1 is 0.778 bits per heavy atom. The summed E-state index contributed by atoms with van der Waals surface area (Å²) in [4.78, 5) is 11.2. The van der Waals surface area contributed by atoms with E-state index in [1.54, 1.807) is 0 Å². The summed E-state index contributed by atoms with van der Waals surface area (Å²) in [5.74, 6) is -0.142. The lowest BCUT2D eigenvalue weighted by Gasteiger charge is -2.24. The van der Waals surface area contributed by atoms with E-state index in [0.717, 1.165) is 49.7 Å². The van der Waals surface area contributed by atoms with Gasteiger partial charge in [0.15, 0.2) is 6.29 Å². The molecular formula is C29H40O7. The molecule has 0 unspecified atom stereocenters. The van der Waals surface area contributed by atoms with Gasteiger partial charge in [0.1, 0.15) is 18.3 Å². The van der Waals surface area contributed by atoms with Crippen molar-refractivity contribution in [1.29, 1.82) is 0 Å². The predicted octanol–water partition coefficient (Wildman–Crippen LogP) is 4.79. The summed E-state index contributed by atoms with van der Waals surface area (Å²) in [6, 6.07) is 19.9. The van der Waals surface area contributed by atoms with Gasteiger partial charge in [0, 0.05) is 13.0 Å². The van der Waals surface area contributed by atoms with Gasteiger partial charge in [-0.2, -0.15) is 0 Å². The number of carbonyl (C=O) groups is 1. The van der Waals surface area contributed by atoms with Crippen LogP contribution in [0.1, 0.15) is 56.1 Å². The molecule has 0 spiro atoms. The van der Waals surface area contributed by atoms with Gasteiger partial charge in [0.2, 0.25) is 0 Å². The normalized spacial score (nSPS) is 21.5. The first-order valence-electron chi connectivity index (χ1n) is 13.0. The van der Waals surface area contributed by atoms with E-state index in [1.807, 2.05) is 60.7 Å². The minimum Gasteiger partial charge on any atom is -0.469 e. The van der Waals surface area contributed by atoms with E-state index in [9.17, 15) is 9.90 Å². The number of ether oxygens (including phenoxy) is 5. The maximum Gasteiger partial charge on any atom is 0.305 e. The van der Waals surface area contributed by atoms with E-state index in [1.165, 1.54) is 7.11 Å². The molecule has 2 aromatic carbocycles. The van der Waals surface area contributed by atoms with Crippen molar-refractivity contribution in [2.24, 2.45) is 0 Å². The molecule has 36 heavy (non-hydrogen) atoms. The van der Waals surface area contributed by atoms with E-state index in [-0.39, 0.29) is 12.6 Å².